The second kappa shape index (κ2) is 66.6. The van der Waals surface area contributed by atoms with Gasteiger partial charge in [-0.1, -0.05) is 319 Å². The molecule has 1 atom stereocenters. The van der Waals surface area contributed by atoms with E-state index in [1.165, 1.54) is 218 Å². The Kier molecular flexibility index (Phi) is 64.2. The van der Waals surface area contributed by atoms with Gasteiger partial charge in [0.05, 0.1) is 0 Å². The van der Waals surface area contributed by atoms with Crippen molar-refractivity contribution in [2.24, 2.45) is 0 Å². The van der Waals surface area contributed by atoms with Crippen LogP contribution in [-0.2, 0) is 28.6 Å². The molecule has 0 amide bonds. The van der Waals surface area contributed by atoms with Crippen LogP contribution in [0.15, 0.2) is 60.8 Å². The number of hydrogen-bond acceptors (Lipinski definition) is 6. The average molecular weight is 1090 g/mol. The van der Waals surface area contributed by atoms with Crippen LogP contribution in [0.1, 0.15) is 361 Å². The summed E-state index contributed by atoms with van der Waals surface area (Å²) in [6.45, 7) is 6.56. The Morgan fingerprint density at radius 3 is 0.795 bits per heavy atom. The van der Waals surface area contributed by atoms with Crippen LogP contribution >= 0.6 is 0 Å². The minimum atomic E-state index is -0.785. The Morgan fingerprint density at radius 1 is 0.269 bits per heavy atom. The zero-order chi connectivity index (χ0) is 56.4. The second-order valence-electron chi connectivity index (χ2n) is 23.1. The van der Waals surface area contributed by atoms with E-state index in [2.05, 4.69) is 81.5 Å². The van der Waals surface area contributed by atoms with Gasteiger partial charge in [0.15, 0.2) is 6.10 Å². The minimum absolute atomic E-state index is 0.0794. The van der Waals surface area contributed by atoms with Gasteiger partial charge in [0.2, 0.25) is 0 Å². The van der Waals surface area contributed by atoms with Crippen LogP contribution < -0.4 is 0 Å². The topological polar surface area (TPSA) is 78.9 Å². The van der Waals surface area contributed by atoms with Crippen molar-refractivity contribution < 1.29 is 28.6 Å². The summed E-state index contributed by atoms with van der Waals surface area (Å²) in [4.78, 5) is 38.4. The number of carbonyl (C=O) groups excluding carboxylic acids is 3. The van der Waals surface area contributed by atoms with Crippen molar-refractivity contribution in [3.05, 3.63) is 60.8 Å². The molecule has 0 aliphatic heterocycles. The highest BCUT2D eigenvalue weighted by Crippen LogP contribution is 2.18. The van der Waals surface area contributed by atoms with Gasteiger partial charge in [-0.05, 0) is 83.5 Å². The Bertz CT molecular complexity index is 1390. The van der Waals surface area contributed by atoms with Crippen molar-refractivity contribution in [2.45, 2.75) is 367 Å². The van der Waals surface area contributed by atoms with Crippen LogP contribution in [0.2, 0.25) is 0 Å². The van der Waals surface area contributed by atoms with E-state index in [1.807, 2.05) is 0 Å². The summed E-state index contributed by atoms with van der Waals surface area (Å²) in [5.74, 6) is -0.882. The predicted molar refractivity (Wildman–Crippen MR) is 339 cm³/mol. The molecule has 0 saturated carbocycles. The van der Waals surface area contributed by atoms with Crippen LogP contribution in [-0.4, -0.2) is 37.2 Å². The molecule has 0 radical (unpaired) electrons. The van der Waals surface area contributed by atoms with Crippen LogP contribution in [0.5, 0.6) is 0 Å². The fourth-order valence-corrected chi connectivity index (χ4v) is 10.1. The lowest BCUT2D eigenvalue weighted by Gasteiger charge is -2.18. The fraction of sp³-hybridized carbons (Fsp3) is 0.819. The van der Waals surface area contributed by atoms with E-state index in [0.29, 0.717) is 19.3 Å². The molecule has 0 rings (SSSR count). The molecule has 0 spiro atoms. The van der Waals surface area contributed by atoms with Gasteiger partial charge in [-0.2, -0.15) is 0 Å². The van der Waals surface area contributed by atoms with Gasteiger partial charge in [-0.25, -0.2) is 0 Å². The lowest BCUT2D eigenvalue weighted by atomic mass is 10.0. The summed E-state index contributed by atoms with van der Waals surface area (Å²) in [7, 11) is 0. The van der Waals surface area contributed by atoms with Crippen LogP contribution in [0.4, 0.5) is 0 Å². The first-order chi connectivity index (χ1) is 38.5. The Hall–Kier alpha value is -2.89. The van der Waals surface area contributed by atoms with E-state index in [-0.39, 0.29) is 31.1 Å². The second-order valence-corrected chi connectivity index (χ2v) is 23.1. The minimum Gasteiger partial charge on any atom is -0.462 e. The third kappa shape index (κ3) is 63.9. The van der Waals surface area contributed by atoms with Crippen molar-refractivity contribution in [1.82, 2.24) is 0 Å². The van der Waals surface area contributed by atoms with Crippen LogP contribution in [0.25, 0.3) is 0 Å². The van der Waals surface area contributed by atoms with Gasteiger partial charge >= 0.3 is 17.9 Å². The molecule has 1 unspecified atom stereocenters. The predicted octanol–water partition coefficient (Wildman–Crippen LogP) is 23.5. The lowest BCUT2D eigenvalue weighted by molar-refractivity contribution is -0.167. The van der Waals surface area contributed by atoms with Crippen molar-refractivity contribution >= 4 is 17.9 Å². The summed E-state index contributed by atoms with van der Waals surface area (Å²) in [5.41, 5.74) is 0. The molecule has 0 N–H and O–H groups in total. The number of unbranched alkanes of at least 4 members (excludes halogenated alkanes) is 42. The molecule has 0 saturated heterocycles. The lowest BCUT2D eigenvalue weighted by Crippen LogP contribution is -2.30. The molecule has 0 heterocycles. The number of hydrogen-bond donors (Lipinski definition) is 0. The summed E-state index contributed by atoms with van der Waals surface area (Å²) >= 11 is 0. The van der Waals surface area contributed by atoms with E-state index in [0.717, 1.165) is 103 Å². The smallest absolute Gasteiger partial charge is 0.306 e. The first-order valence-electron chi connectivity index (χ1n) is 34.3. The molecule has 454 valence electrons. The molecule has 0 aromatic heterocycles. The van der Waals surface area contributed by atoms with Gasteiger partial charge in [0.1, 0.15) is 13.2 Å². The average Bonchev–Trinajstić information content (AvgIpc) is 3.44. The Morgan fingerprint density at radius 2 is 0.500 bits per heavy atom. The molecule has 0 fully saturated rings. The molecular formula is C72H130O6. The van der Waals surface area contributed by atoms with Gasteiger partial charge < -0.3 is 14.2 Å². The normalized spacial score (nSPS) is 12.4. The highest BCUT2D eigenvalue weighted by molar-refractivity contribution is 5.71. The van der Waals surface area contributed by atoms with Crippen molar-refractivity contribution in [3.8, 4) is 0 Å². The zero-order valence-corrected chi connectivity index (χ0v) is 52.2. The van der Waals surface area contributed by atoms with Gasteiger partial charge in [0, 0.05) is 19.3 Å². The number of carbonyl (C=O) groups is 3. The molecule has 0 aliphatic rings. The molecule has 0 aromatic carbocycles. The van der Waals surface area contributed by atoms with E-state index in [4.69, 9.17) is 14.2 Å². The molecular weight excluding hydrogens is 961 g/mol. The van der Waals surface area contributed by atoms with Crippen LogP contribution in [0.3, 0.4) is 0 Å². The first kappa shape index (κ1) is 75.1. The third-order valence-electron chi connectivity index (χ3n) is 15.3. The molecule has 0 bridgehead atoms. The maximum atomic E-state index is 12.9. The standard InChI is InChI=1S/C72H130O6/c1-4-7-10-13-16-19-22-25-28-30-32-33-34-35-36-37-38-39-41-42-44-47-50-53-56-59-62-65-71(74)77-68-69(67-76-70(73)64-61-58-55-52-49-46-27-24-21-18-15-12-9-6-3)78-72(75)66-63-60-57-54-51-48-45-43-40-31-29-26-23-20-17-14-11-8-5-2/h8,11,17,20,24,26-27,29,40,43,69H,4-7,9-10,12-16,18-19,21-23,25,28,30-39,41-42,44-68H2,1-3H3/b11-8-,20-17-,27-24-,29-26-,43-40-. The van der Waals surface area contributed by atoms with E-state index in [1.54, 1.807) is 0 Å². The quantitative estimate of drug-likeness (QED) is 0.0261. The molecule has 6 nitrogen and oxygen atoms in total. The number of ether oxygens (including phenoxy) is 3. The van der Waals surface area contributed by atoms with Crippen molar-refractivity contribution in [1.29, 1.82) is 0 Å². The zero-order valence-electron chi connectivity index (χ0n) is 52.2. The third-order valence-corrected chi connectivity index (χ3v) is 15.3. The van der Waals surface area contributed by atoms with Gasteiger partial charge in [-0.15, -0.1) is 0 Å². The largest absolute Gasteiger partial charge is 0.462 e. The van der Waals surface area contributed by atoms with E-state index >= 15 is 0 Å². The van der Waals surface area contributed by atoms with E-state index < -0.39 is 6.10 Å². The van der Waals surface area contributed by atoms with Crippen molar-refractivity contribution in [2.75, 3.05) is 13.2 Å². The van der Waals surface area contributed by atoms with Gasteiger partial charge in [0.25, 0.3) is 0 Å². The SMILES string of the molecule is CC/C=C\C/C=C\C/C=C\C/C=C\CCCCCCCCC(=O)OC(COC(=O)CCCCCCC/C=C\CCCCCCC)COC(=O)CCCCCCCCCCCCCCCCCCCCCCCCCCCCC. The molecule has 0 aliphatic carbocycles. The Balaban J connectivity index is 4.26. The van der Waals surface area contributed by atoms with Crippen LogP contribution in [0, 0.1) is 0 Å². The summed E-state index contributed by atoms with van der Waals surface area (Å²) in [6, 6.07) is 0. The number of allylic oxidation sites excluding steroid dienone is 10. The first-order valence-corrected chi connectivity index (χ1v) is 34.3. The maximum absolute atomic E-state index is 12.9. The summed E-state index contributed by atoms with van der Waals surface area (Å²) in [6.07, 6.45) is 85.3. The highest BCUT2D eigenvalue weighted by Gasteiger charge is 2.19. The summed E-state index contributed by atoms with van der Waals surface area (Å²) in [5, 5.41) is 0. The van der Waals surface area contributed by atoms with Crippen molar-refractivity contribution in [3.63, 3.8) is 0 Å². The van der Waals surface area contributed by atoms with E-state index in [9.17, 15) is 14.4 Å². The number of esters is 3. The number of rotatable bonds is 63. The molecule has 0 aromatic rings. The molecule has 78 heavy (non-hydrogen) atoms. The fourth-order valence-electron chi connectivity index (χ4n) is 10.1. The Labute approximate surface area is 485 Å². The summed E-state index contributed by atoms with van der Waals surface area (Å²) < 4.78 is 17.0. The van der Waals surface area contributed by atoms with Gasteiger partial charge in [-0.3, -0.25) is 14.4 Å². The maximum Gasteiger partial charge on any atom is 0.306 e. The monoisotopic (exact) mass is 1090 g/mol. The highest BCUT2D eigenvalue weighted by atomic mass is 16.6. The molecule has 6 heteroatoms.